The molecule has 8 heteroatoms. The molecule has 5 nitrogen and oxygen atoms in total. The number of carboxylic acids is 1. The smallest absolute Gasteiger partial charge is 0.416 e. The van der Waals surface area contributed by atoms with Gasteiger partial charge in [-0.15, -0.1) is 0 Å². The van der Waals surface area contributed by atoms with Crippen molar-refractivity contribution >= 4 is 5.97 Å². The normalized spacial score (nSPS) is 13.8. The third-order valence-electron chi connectivity index (χ3n) is 4.22. The third-order valence-corrected chi connectivity index (χ3v) is 4.22. The van der Waals surface area contributed by atoms with Gasteiger partial charge >= 0.3 is 6.18 Å². The number of ether oxygens (including phenoxy) is 1. The fourth-order valence-corrected chi connectivity index (χ4v) is 2.51. The van der Waals surface area contributed by atoms with Crippen LogP contribution in [0.1, 0.15) is 35.6 Å². The average molecular weight is 396 g/mol. The van der Waals surface area contributed by atoms with E-state index in [0.717, 1.165) is 12.1 Å². The number of aliphatic hydroxyl groups is 1. The Labute approximate surface area is 160 Å². The minimum Gasteiger partial charge on any atom is -0.550 e. The lowest BCUT2D eigenvalue weighted by molar-refractivity contribution is -0.307. The van der Waals surface area contributed by atoms with Crippen LogP contribution in [0.15, 0.2) is 48.5 Å². The lowest BCUT2D eigenvalue weighted by atomic mass is 10.0. The van der Waals surface area contributed by atoms with Gasteiger partial charge in [0.15, 0.2) is 0 Å². The number of aliphatic carboxylic acids is 1. The fraction of sp³-hybridized carbons (Fsp3) is 0.350. The molecular formula is C20H21F3NO4-. The molecule has 0 bridgehead atoms. The highest BCUT2D eigenvalue weighted by molar-refractivity contribution is 5.73. The zero-order chi connectivity index (χ0) is 20.7. The van der Waals surface area contributed by atoms with E-state index in [1.54, 1.807) is 24.3 Å². The highest BCUT2D eigenvalue weighted by Gasteiger charge is 2.30. The molecule has 0 aliphatic carbocycles. The SMILES string of the molecule is C[C@@H](C(=O)[O-])c1ccc(OCCNCC(O)c2cccc(C(F)(F)F)c2)cc1. The lowest BCUT2D eigenvalue weighted by Gasteiger charge is -2.15. The number of carboxylic acid groups (broad SMARTS) is 1. The molecule has 1 unspecified atom stereocenters. The van der Waals surface area contributed by atoms with Crippen LogP contribution in [0, 0.1) is 0 Å². The van der Waals surface area contributed by atoms with Crippen LogP contribution in [0.3, 0.4) is 0 Å². The summed E-state index contributed by atoms with van der Waals surface area (Å²) in [6, 6.07) is 11.1. The summed E-state index contributed by atoms with van der Waals surface area (Å²) in [7, 11) is 0. The summed E-state index contributed by atoms with van der Waals surface area (Å²) in [5.74, 6) is -1.32. The van der Waals surface area contributed by atoms with Crippen LogP contribution in [0.25, 0.3) is 0 Å². The van der Waals surface area contributed by atoms with Gasteiger partial charge < -0.3 is 25.1 Å². The highest BCUT2D eigenvalue weighted by Crippen LogP contribution is 2.30. The van der Waals surface area contributed by atoms with E-state index < -0.39 is 29.7 Å². The number of hydrogen-bond acceptors (Lipinski definition) is 5. The molecule has 0 aliphatic heterocycles. The first kappa shape index (κ1) is 21.7. The van der Waals surface area contributed by atoms with Gasteiger partial charge in [0, 0.05) is 25.0 Å². The standard InChI is InChI=1S/C20H22F3NO4/c1-13(19(26)27)14-5-7-17(8-6-14)28-10-9-24-12-18(25)15-3-2-4-16(11-15)20(21,22)23/h2-8,11,13,18,24-25H,9-10,12H2,1H3,(H,26,27)/p-1/t13-,18?/m1/s1. The van der Waals surface area contributed by atoms with Crippen molar-refractivity contribution in [3.63, 3.8) is 0 Å². The predicted octanol–water partition coefficient (Wildman–Crippen LogP) is 2.26. The molecule has 0 saturated carbocycles. The Hall–Kier alpha value is -2.58. The summed E-state index contributed by atoms with van der Waals surface area (Å²) in [5.41, 5.74) is -0.0145. The molecule has 28 heavy (non-hydrogen) atoms. The summed E-state index contributed by atoms with van der Waals surface area (Å²) in [4.78, 5) is 10.8. The van der Waals surface area contributed by atoms with E-state index in [9.17, 15) is 28.2 Å². The maximum Gasteiger partial charge on any atom is 0.416 e. The molecule has 0 heterocycles. The summed E-state index contributed by atoms with van der Waals surface area (Å²) in [6.07, 6.45) is -5.53. The lowest BCUT2D eigenvalue weighted by Crippen LogP contribution is -2.28. The van der Waals surface area contributed by atoms with Crippen LogP contribution in [0.2, 0.25) is 0 Å². The second-order valence-corrected chi connectivity index (χ2v) is 6.30. The van der Waals surface area contributed by atoms with Crippen LogP contribution < -0.4 is 15.2 Å². The van der Waals surface area contributed by atoms with Gasteiger partial charge in [0.05, 0.1) is 11.7 Å². The zero-order valence-electron chi connectivity index (χ0n) is 15.2. The van der Waals surface area contributed by atoms with Gasteiger partial charge in [0.25, 0.3) is 0 Å². The molecule has 0 amide bonds. The molecule has 152 valence electrons. The number of hydrogen-bond donors (Lipinski definition) is 2. The number of benzene rings is 2. The number of carbonyl (C=O) groups is 1. The van der Waals surface area contributed by atoms with E-state index in [2.05, 4.69) is 5.32 Å². The van der Waals surface area contributed by atoms with Gasteiger partial charge in [-0.25, -0.2) is 0 Å². The van der Waals surface area contributed by atoms with Gasteiger partial charge in [-0.3, -0.25) is 0 Å². The van der Waals surface area contributed by atoms with Crippen molar-refractivity contribution in [3.8, 4) is 5.75 Å². The molecule has 0 aromatic heterocycles. The first-order valence-corrected chi connectivity index (χ1v) is 8.68. The summed E-state index contributed by atoms with van der Waals surface area (Å²) in [6.45, 7) is 2.25. The third kappa shape index (κ3) is 6.24. The molecule has 2 rings (SSSR count). The van der Waals surface area contributed by atoms with Crippen molar-refractivity contribution in [1.29, 1.82) is 0 Å². The van der Waals surface area contributed by atoms with Crippen molar-refractivity contribution in [2.45, 2.75) is 25.1 Å². The van der Waals surface area contributed by atoms with E-state index in [4.69, 9.17) is 4.74 Å². The van der Waals surface area contributed by atoms with Crippen molar-refractivity contribution in [2.24, 2.45) is 0 Å². The van der Waals surface area contributed by atoms with E-state index in [-0.39, 0.29) is 18.7 Å². The Morgan fingerprint density at radius 2 is 1.86 bits per heavy atom. The fourth-order valence-electron chi connectivity index (χ4n) is 2.51. The van der Waals surface area contributed by atoms with Gasteiger partial charge in [0.1, 0.15) is 12.4 Å². The molecular weight excluding hydrogens is 375 g/mol. The second-order valence-electron chi connectivity index (χ2n) is 6.30. The predicted molar refractivity (Wildman–Crippen MR) is 94.6 cm³/mol. The first-order valence-electron chi connectivity index (χ1n) is 8.68. The molecule has 0 fully saturated rings. The number of aliphatic hydroxyl groups excluding tert-OH is 1. The zero-order valence-corrected chi connectivity index (χ0v) is 15.2. The van der Waals surface area contributed by atoms with E-state index in [1.807, 2.05) is 0 Å². The molecule has 0 radical (unpaired) electrons. The monoisotopic (exact) mass is 396 g/mol. The molecule has 2 atom stereocenters. The molecule has 2 N–H and O–H groups in total. The van der Waals surface area contributed by atoms with Crippen LogP contribution in [-0.4, -0.2) is 30.8 Å². The second kappa shape index (κ2) is 9.57. The summed E-state index contributed by atoms with van der Waals surface area (Å²) < 4.78 is 43.6. The Balaban J connectivity index is 1.75. The Bertz CT molecular complexity index is 778. The number of alkyl halides is 3. The number of nitrogens with one attached hydrogen (secondary N) is 1. The van der Waals surface area contributed by atoms with Crippen molar-refractivity contribution in [3.05, 3.63) is 65.2 Å². The van der Waals surface area contributed by atoms with E-state index in [1.165, 1.54) is 19.1 Å². The van der Waals surface area contributed by atoms with Gasteiger partial charge in [0.2, 0.25) is 0 Å². The topological polar surface area (TPSA) is 81.6 Å². The summed E-state index contributed by atoms with van der Waals surface area (Å²) >= 11 is 0. The number of rotatable bonds is 9. The van der Waals surface area contributed by atoms with E-state index in [0.29, 0.717) is 17.9 Å². The van der Waals surface area contributed by atoms with Crippen LogP contribution in [-0.2, 0) is 11.0 Å². The van der Waals surface area contributed by atoms with Crippen molar-refractivity contribution in [2.75, 3.05) is 19.7 Å². The average Bonchev–Trinajstić information content (AvgIpc) is 2.67. The minimum atomic E-state index is -4.45. The molecule has 0 aliphatic rings. The largest absolute Gasteiger partial charge is 0.550 e. The number of halogens is 3. The molecule has 2 aromatic rings. The van der Waals surface area contributed by atoms with E-state index >= 15 is 0 Å². The molecule has 2 aromatic carbocycles. The van der Waals surface area contributed by atoms with Crippen LogP contribution >= 0.6 is 0 Å². The molecule has 0 saturated heterocycles. The van der Waals surface area contributed by atoms with Crippen molar-refractivity contribution in [1.82, 2.24) is 5.32 Å². The Morgan fingerprint density at radius 1 is 1.18 bits per heavy atom. The Morgan fingerprint density at radius 3 is 2.46 bits per heavy atom. The highest BCUT2D eigenvalue weighted by atomic mass is 19.4. The van der Waals surface area contributed by atoms with Crippen LogP contribution in [0.5, 0.6) is 5.75 Å². The maximum atomic E-state index is 12.7. The first-order chi connectivity index (χ1) is 13.2. The quantitative estimate of drug-likeness (QED) is 0.636. The van der Waals surface area contributed by atoms with Gasteiger partial charge in [-0.2, -0.15) is 13.2 Å². The van der Waals surface area contributed by atoms with Crippen molar-refractivity contribution < 1.29 is 32.9 Å². The molecule has 0 spiro atoms. The summed E-state index contributed by atoms with van der Waals surface area (Å²) in [5, 5.41) is 23.8. The minimum absolute atomic E-state index is 0.0761. The van der Waals surface area contributed by atoms with Gasteiger partial charge in [-0.1, -0.05) is 31.2 Å². The maximum absolute atomic E-state index is 12.7. The Kier molecular flexibility index (Phi) is 7.42. The van der Waals surface area contributed by atoms with Crippen LogP contribution in [0.4, 0.5) is 13.2 Å². The number of carbonyl (C=O) groups excluding carboxylic acids is 1. The van der Waals surface area contributed by atoms with Gasteiger partial charge in [-0.05, 0) is 35.4 Å².